The quantitative estimate of drug-likeness (QED) is 0.737. The molecule has 2 saturated heterocycles. The molecule has 1 N–H and O–H groups in total. The summed E-state index contributed by atoms with van der Waals surface area (Å²) in [6.07, 6.45) is 6.23. The van der Waals surface area contributed by atoms with Crippen LogP contribution < -0.4 is 0 Å². The van der Waals surface area contributed by atoms with Crippen molar-refractivity contribution in [2.45, 2.75) is 50.1 Å². The fraction of sp³-hybridized carbons (Fsp3) is 0.600. The second-order valence-electron chi connectivity index (χ2n) is 8.82. The van der Waals surface area contributed by atoms with E-state index in [2.05, 4.69) is 17.9 Å². The number of aliphatic hydroxyl groups is 1. The fourth-order valence-electron chi connectivity index (χ4n) is 5.08. The van der Waals surface area contributed by atoms with E-state index in [-0.39, 0.29) is 31.0 Å². The number of rotatable bonds is 5. The normalized spacial score (nSPS) is 26.6. The van der Waals surface area contributed by atoms with E-state index in [1.54, 1.807) is 4.90 Å². The number of amides is 1. The Kier molecular flexibility index (Phi) is 7.25. The number of carbonyl (C=O) groups is 1. The van der Waals surface area contributed by atoms with Crippen LogP contribution >= 0.6 is 0 Å². The summed E-state index contributed by atoms with van der Waals surface area (Å²) in [6.45, 7) is 2.79. The van der Waals surface area contributed by atoms with Gasteiger partial charge in [0, 0.05) is 31.0 Å². The maximum atomic E-state index is 12.9. The zero-order valence-electron chi connectivity index (χ0n) is 18.0. The van der Waals surface area contributed by atoms with Gasteiger partial charge < -0.3 is 14.7 Å². The highest BCUT2D eigenvalue weighted by Gasteiger charge is 2.51. The number of hydrogen-bond acceptors (Lipinski definition) is 5. The first-order valence-electron chi connectivity index (χ1n) is 11.4. The van der Waals surface area contributed by atoms with Gasteiger partial charge >= 0.3 is 0 Å². The van der Waals surface area contributed by atoms with E-state index in [0.29, 0.717) is 26.3 Å². The standard InChI is InChI=1S/C25H31N3O3/c26-16-22-25(23(18-29)28(22)24(30)17-27-12-14-31-15-13-27)21-10-8-20(9-11-21)7-3-6-19-4-1-2-5-19/h8-11,19,22-23,25,29H,1-2,4-6,12-15,17-18H2/t22-,23+,25-/m1/s1. The molecule has 4 rings (SSSR count). The molecule has 0 unspecified atom stereocenters. The summed E-state index contributed by atoms with van der Waals surface area (Å²) in [6, 6.07) is 9.31. The predicted molar refractivity (Wildman–Crippen MR) is 117 cm³/mol. The third-order valence-corrected chi connectivity index (χ3v) is 6.88. The lowest BCUT2D eigenvalue weighted by molar-refractivity contribution is -0.149. The van der Waals surface area contributed by atoms with Crippen LogP contribution in [0.25, 0.3) is 0 Å². The third kappa shape index (κ3) is 4.93. The van der Waals surface area contributed by atoms with Crippen LogP contribution in [0.2, 0.25) is 0 Å². The van der Waals surface area contributed by atoms with Crippen LogP contribution in [0.1, 0.15) is 49.1 Å². The smallest absolute Gasteiger partial charge is 0.238 e. The summed E-state index contributed by atoms with van der Waals surface area (Å²) in [5.41, 5.74) is 1.94. The molecule has 0 radical (unpaired) electrons. The van der Waals surface area contributed by atoms with Crippen LogP contribution in [0.4, 0.5) is 0 Å². The number of ether oxygens (including phenoxy) is 1. The van der Waals surface area contributed by atoms with Gasteiger partial charge in [-0.1, -0.05) is 36.8 Å². The van der Waals surface area contributed by atoms with Gasteiger partial charge in [0.2, 0.25) is 5.91 Å². The number of aliphatic hydroxyl groups excluding tert-OH is 1. The number of likely N-dealkylation sites (tertiary alicyclic amines) is 1. The minimum Gasteiger partial charge on any atom is -0.394 e. The lowest BCUT2D eigenvalue weighted by Gasteiger charge is -2.52. The van der Waals surface area contributed by atoms with Crippen LogP contribution in [0, 0.1) is 29.1 Å². The summed E-state index contributed by atoms with van der Waals surface area (Å²) >= 11 is 0. The second-order valence-corrected chi connectivity index (χ2v) is 8.82. The molecular formula is C25H31N3O3. The molecule has 31 heavy (non-hydrogen) atoms. The summed E-state index contributed by atoms with van der Waals surface area (Å²) in [5, 5.41) is 19.7. The van der Waals surface area contributed by atoms with E-state index < -0.39 is 6.04 Å². The van der Waals surface area contributed by atoms with Crippen molar-refractivity contribution in [2.24, 2.45) is 5.92 Å². The third-order valence-electron chi connectivity index (χ3n) is 6.88. The van der Waals surface area contributed by atoms with Gasteiger partial charge in [-0.05, 0) is 36.5 Å². The number of nitriles is 1. The van der Waals surface area contributed by atoms with Crippen molar-refractivity contribution in [1.82, 2.24) is 9.80 Å². The van der Waals surface area contributed by atoms with Gasteiger partial charge in [-0.3, -0.25) is 9.69 Å². The van der Waals surface area contributed by atoms with Gasteiger partial charge in [-0.25, -0.2) is 0 Å². The first kappa shape index (κ1) is 21.8. The maximum absolute atomic E-state index is 12.9. The highest BCUT2D eigenvalue weighted by molar-refractivity contribution is 5.81. The van der Waals surface area contributed by atoms with Crippen molar-refractivity contribution in [2.75, 3.05) is 39.5 Å². The summed E-state index contributed by atoms with van der Waals surface area (Å²) in [5.74, 6) is 7.04. The SMILES string of the molecule is N#C[C@@H]1[C@@H](c2ccc(C#CCC3CCCC3)cc2)[C@H](CO)N1C(=O)CN1CCOCC1. The van der Waals surface area contributed by atoms with E-state index in [1.165, 1.54) is 25.7 Å². The van der Waals surface area contributed by atoms with E-state index in [0.717, 1.165) is 23.5 Å². The van der Waals surface area contributed by atoms with Crippen LogP contribution in [0.5, 0.6) is 0 Å². The molecule has 1 saturated carbocycles. The molecule has 0 spiro atoms. The zero-order chi connectivity index (χ0) is 21.6. The number of nitrogens with zero attached hydrogens (tertiary/aromatic N) is 3. The minimum absolute atomic E-state index is 0.0989. The van der Waals surface area contributed by atoms with E-state index >= 15 is 0 Å². The molecule has 2 aliphatic heterocycles. The van der Waals surface area contributed by atoms with Gasteiger partial charge in [0.05, 0.1) is 38.5 Å². The Bertz CT molecular complexity index is 855. The monoisotopic (exact) mass is 421 g/mol. The van der Waals surface area contributed by atoms with Crippen LogP contribution in [0.3, 0.4) is 0 Å². The lowest BCUT2D eigenvalue weighted by atomic mass is 9.75. The van der Waals surface area contributed by atoms with Crippen molar-refractivity contribution in [1.29, 1.82) is 5.26 Å². The highest BCUT2D eigenvalue weighted by Crippen LogP contribution is 2.40. The Morgan fingerprint density at radius 3 is 2.52 bits per heavy atom. The minimum atomic E-state index is -0.551. The first-order chi connectivity index (χ1) is 15.2. The molecular weight excluding hydrogens is 390 g/mol. The zero-order valence-corrected chi connectivity index (χ0v) is 18.0. The van der Waals surface area contributed by atoms with Gasteiger partial charge in [0.15, 0.2) is 0 Å². The topological polar surface area (TPSA) is 76.8 Å². The van der Waals surface area contributed by atoms with Crippen molar-refractivity contribution < 1.29 is 14.6 Å². The van der Waals surface area contributed by atoms with Gasteiger partial charge in [0.25, 0.3) is 0 Å². The first-order valence-corrected chi connectivity index (χ1v) is 11.4. The van der Waals surface area contributed by atoms with Crippen LogP contribution in [0.15, 0.2) is 24.3 Å². The lowest BCUT2D eigenvalue weighted by Crippen LogP contribution is -2.66. The summed E-state index contributed by atoms with van der Waals surface area (Å²) in [4.78, 5) is 16.5. The molecule has 2 heterocycles. The Hall–Kier alpha value is -2.38. The summed E-state index contributed by atoms with van der Waals surface area (Å²) < 4.78 is 5.33. The second kappa shape index (κ2) is 10.3. The van der Waals surface area contributed by atoms with E-state index in [9.17, 15) is 15.2 Å². The maximum Gasteiger partial charge on any atom is 0.238 e. The molecule has 0 aromatic heterocycles. The van der Waals surface area contributed by atoms with Crippen molar-refractivity contribution >= 4 is 5.91 Å². The largest absolute Gasteiger partial charge is 0.394 e. The van der Waals surface area contributed by atoms with Gasteiger partial charge in [-0.2, -0.15) is 5.26 Å². The Morgan fingerprint density at radius 1 is 1.16 bits per heavy atom. The fourth-order valence-corrected chi connectivity index (χ4v) is 5.08. The number of carbonyl (C=O) groups excluding carboxylic acids is 1. The van der Waals surface area contributed by atoms with Crippen molar-refractivity contribution in [3.05, 3.63) is 35.4 Å². The average Bonchev–Trinajstić information content (AvgIpc) is 3.29. The van der Waals surface area contributed by atoms with Crippen molar-refractivity contribution in [3.8, 4) is 17.9 Å². The number of hydrogen-bond donors (Lipinski definition) is 1. The van der Waals surface area contributed by atoms with E-state index in [1.807, 2.05) is 29.2 Å². The molecule has 1 aromatic carbocycles. The number of benzene rings is 1. The Morgan fingerprint density at radius 2 is 1.87 bits per heavy atom. The highest BCUT2D eigenvalue weighted by atomic mass is 16.5. The predicted octanol–water partition coefficient (Wildman–Crippen LogP) is 2.13. The summed E-state index contributed by atoms with van der Waals surface area (Å²) in [7, 11) is 0. The van der Waals surface area contributed by atoms with Crippen molar-refractivity contribution in [3.63, 3.8) is 0 Å². The molecule has 3 fully saturated rings. The molecule has 164 valence electrons. The van der Waals surface area contributed by atoms with Gasteiger partial charge in [0.1, 0.15) is 6.04 Å². The molecule has 3 atom stereocenters. The molecule has 1 aliphatic carbocycles. The van der Waals surface area contributed by atoms with Crippen LogP contribution in [-0.2, 0) is 9.53 Å². The molecule has 6 heteroatoms. The Labute approximate surface area is 184 Å². The van der Waals surface area contributed by atoms with Gasteiger partial charge in [-0.15, -0.1) is 0 Å². The van der Waals surface area contributed by atoms with E-state index in [4.69, 9.17) is 4.74 Å². The molecule has 0 bridgehead atoms. The molecule has 1 amide bonds. The van der Waals surface area contributed by atoms with Crippen LogP contribution in [-0.4, -0.2) is 72.4 Å². The Balaban J connectivity index is 1.39. The average molecular weight is 422 g/mol. The number of morpholine rings is 1. The molecule has 6 nitrogen and oxygen atoms in total. The molecule has 1 aromatic rings. The molecule has 3 aliphatic rings.